The van der Waals surface area contributed by atoms with Gasteiger partial charge in [-0.3, -0.25) is 0 Å². The summed E-state index contributed by atoms with van der Waals surface area (Å²) < 4.78 is 0. The fourth-order valence-electron chi connectivity index (χ4n) is 2.86. The van der Waals surface area contributed by atoms with Crippen LogP contribution in [0.2, 0.25) is 0 Å². The Hall–Kier alpha value is -0.0400. The first-order valence-electron chi connectivity index (χ1n) is 7.92. The first-order valence-corrected chi connectivity index (χ1v) is 7.92. The fraction of sp³-hybridized carbons (Fsp3) is 1.00. The summed E-state index contributed by atoms with van der Waals surface area (Å²) in [6, 6.07) is 0. The summed E-state index contributed by atoms with van der Waals surface area (Å²) in [5.74, 6) is 1.72. The highest BCUT2D eigenvalue weighted by atomic mass is 16.3. The van der Waals surface area contributed by atoms with Gasteiger partial charge in [0.2, 0.25) is 0 Å². The fourth-order valence-corrected chi connectivity index (χ4v) is 2.86. The van der Waals surface area contributed by atoms with Gasteiger partial charge in [0.05, 0.1) is 6.10 Å². The second-order valence-corrected chi connectivity index (χ2v) is 5.34. The summed E-state index contributed by atoms with van der Waals surface area (Å²) in [5, 5.41) is 9.05. The standard InChI is InChI=1S/C7H14O.C7H14.C2H6/c1-6(8)7-4-2-3-5-7;1-2-7-5-3-4-6-7;1-2/h6-8H,2-5H2,1H3;7H,2-6H2,1H3;1-2H3. The van der Waals surface area contributed by atoms with Crippen LogP contribution < -0.4 is 0 Å². The molecule has 0 saturated heterocycles. The quantitative estimate of drug-likeness (QED) is 0.708. The second-order valence-electron chi connectivity index (χ2n) is 5.34. The zero-order valence-corrected chi connectivity index (χ0v) is 12.5. The third-order valence-corrected chi connectivity index (χ3v) is 4.13. The van der Waals surface area contributed by atoms with Gasteiger partial charge >= 0.3 is 0 Å². The molecule has 2 rings (SSSR count). The highest BCUT2D eigenvalue weighted by molar-refractivity contribution is 4.70. The van der Waals surface area contributed by atoms with Crippen LogP contribution in [-0.4, -0.2) is 11.2 Å². The van der Waals surface area contributed by atoms with E-state index in [2.05, 4.69) is 6.92 Å². The van der Waals surface area contributed by atoms with Crippen LogP contribution in [0.1, 0.15) is 85.5 Å². The molecule has 0 aliphatic heterocycles. The van der Waals surface area contributed by atoms with E-state index in [9.17, 15) is 0 Å². The van der Waals surface area contributed by atoms with Crippen molar-refractivity contribution in [1.82, 2.24) is 0 Å². The number of rotatable bonds is 2. The second kappa shape index (κ2) is 11.1. The van der Waals surface area contributed by atoms with Crippen molar-refractivity contribution in [1.29, 1.82) is 0 Å². The van der Waals surface area contributed by atoms with Gasteiger partial charge in [0.15, 0.2) is 0 Å². The van der Waals surface area contributed by atoms with Crippen LogP contribution in [0.3, 0.4) is 0 Å². The molecule has 2 aliphatic rings. The molecule has 0 aromatic heterocycles. The van der Waals surface area contributed by atoms with Crippen LogP contribution in [-0.2, 0) is 0 Å². The molecule has 1 heteroatoms. The van der Waals surface area contributed by atoms with Crippen LogP contribution in [0.25, 0.3) is 0 Å². The van der Waals surface area contributed by atoms with Gasteiger partial charge in [-0.1, -0.05) is 65.7 Å². The molecule has 104 valence electrons. The Balaban J connectivity index is 0.000000265. The van der Waals surface area contributed by atoms with E-state index >= 15 is 0 Å². The van der Waals surface area contributed by atoms with Crippen molar-refractivity contribution >= 4 is 0 Å². The highest BCUT2D eigenvalue weighted by Gasteiger charge is 2.18. The Morgan fingerprint density at radius 3 is 1.59 bits per heavy atom. The molecule has 0 amide bonds. The predicted molar refractivity (Wildman–Crippen MR) is 77.2 cm³/mol. The molecule has 1 nitrogen and oxygen atoms in total. The minimum absolute atomic E-state index is 0.0579. The molecular formula is C16H34O. The van der Waals surface area contributed by atoms with Crippen LogP contribution >= 0.6 is 0 Å². The van der Waals surface area contributed by atoms with E-state index in [1.165, 1.54) is 57.8 Å². The minimum atomic E-state index is -0.0579. The van der Waals surface area contributed by atoms with Crippen molar-refractivity contribution in [2.45, 2.75) is 91.6 Å². The van der Waals surface area contributed by atoms with E-state index in [1.807, 2.05) is 20.8 Å². The SMILES string of the molecule is CC.CC(O)C1CCCC1.CCC1CCCC1. The largest absolute Gasteiger partial charge is 0.393 e. The van der Waals surface area contributed by atoms with E-state index in [1.54, 1.807) is 0 Å². The van der Waals surface area contributed by atoms with Crippen molar-refractivity contribution in [3.05, 3.63) is 0 Å². The summed E-state index contributed by atoms with van der Waals surface area (Å²) in [6.45, 7) is 8.20. The molecule has 0 aromatic rings. The van der Waals surface area contributed by atoms with Crippen LogP contribution in [0.4, 0.5) is 0 Å². The maximum Gasteiger partial charge on any atom is 0.0540 e. The Morgan fingerprint density at radius 2 is 1.35 bits per heavy atom. The van der Waals surface area contributed by atoms with Crippen molar-refractivity contribution in [2.75, 3.05) is 0 Å². The summed E-state index contributed by atoms with van der Waals surface area (Å²) in [7, 11) is 0. The van der Waals surface area contributed by atoms with E-state index in [0.717, 1.165) is 5.92 Å². The van der Waals surface area contributed by atoms with E-state index < -0.39 is 0 Å². The predicted octanol–water partition coefficient (Wildman–Crippen LogP) is 5.17. The lowest BCUT2D eigenvalue weighted by Gasteiger charge is -2.10. The zero-order chi connectivity index (χ0) is 13.1. The van der Waals surface area contributed by atoms with Crippen LogP contribution in [0, 0.1) is 11.8 Å². The van der Waals surface area contributed by atoms with Gasteiger partial charge in [-0.15, -0.1) is 0 Å². The Kier molecular flexibility index (Phi) is 11.0. The van der Waals surface area contributed by atoms with Gasteiger partial charge in [0.25, 0.3) is 0 Å². The normalized spacial score (nSPS) is 22.4. The van der Waals surface area contributed by atoms with Crippen molar-refractivity contribution < 1.29 is 5.11 Å². The molecule has 0 bridgehead atoms. The summed E-state index contributed by atoms with van der Waals surface area (Å²) in [4.78, 5) is 0. The van der Waals surface area contributed by atoms with Gasteiger partial charge in [0.1, 0.15) is 0 Å². The molecule has 2 saturated carbocycles. The lowest BCUT2D eigenvalue weighted by Crippen LogP contribution is -2.11. The number of hydrogen-bond donors (Lipinski definition) is 1. The Labute approximate surface area is 109 Å². The van der Waals surface area contributed by atoms with Crippen LogP contribution in [0.15, 0.2) is 0 Å². The first-order chi connectivity index (χ1) is 8.24. The first kappa shape index (κ1) is 17.0. The molecule has 1 atom stereocenters. The molecule has 0 spiro atoms. The van der Waals surface area contributed by atoms with Crippen LogP contribution in [0.5, 0.6) is 0 Å². The molecule has 0 radical (unpaired) electrons. The molecule has 1 unspecified atom stereocenters. The van der Waals surface area contributed by atoms with Crippen molar-refractivity contribution in [3.63, 3.8) is 0 Å². The summed E-state index contributed by atoms with van der Waals surface area (Å²) >= 11 is 0. The average Bonchev–Trinajstić information content (AvgIpc) is 3.05. The highest BCUT2D eigenvalue weighted by Crippen LogP contribution is 2.27. The molecule has 2 aliphatic carbocycles. The monoisotopic (exact) mass is 242 g/mol. The van der Waals surface area contributed by atoms with Gasteiger partial charge in [-0.2, -0.15) is 0 Å². The number of aliphatic hydroxyl groups is 1. The molecule has 0 heterocycles. The third kappa shape index (κ3) is 7.81. The van der Waals surface area contributed by atoms with Gasteiger partial charge in [-0.25, -0.2) is 0 Å². The van der Waals surface area contributed by atoms with E-state index in [0.29, 0.717) is 5.92 Å². The average molecular weight is 242 g/mol. The minimum Gasteiger partial charge on any atom is -0.393 e. The lowest BCUT2D eigenvalue weighted by atomic mass is 10.0. The zero-order valence-electron chi connectivity index (χ0n) is 12.5. The van der Waals surface area contributed by atoms with Gasteiger partial charge in [-0.05, 0) is 31.6 Å². The number of aliphatic hydroxyl groups excluding tert-OH is 1. The molecular weight excluding hydrogens is 208 g/mol. The van der Waals surface area contributed by atoms with Gasteiger partial charge in [0, 0.05) is 0 Å². The molecule has 1 N–H and O–H groups in total. The molecule has 17 heavy (non-hydrogen) atoms. The molecule has 2 fully saturated rings. The van der Waals surface area contributed by atoms with Gasteiger partial charge < -0.3 is 5.11 Å². The van der Waals surface area contributed by atoms with E-state index in [-0.39, 0.29) is 6.10 Å². The van der Waals surface area contributed by atoms with E-state index in [4.69, 9.17) is 5.11 Å². The maximum atomic E-state index is 9.05. The smallest absolute Gasteiger partial charge is 0.0540 e. The summed E-state index contributed by atoms with van der Waals surface area (Å²) in [5.41, 5.74) is 0. The lowest BCUT2D eigenvalue weighted by molar-refractivity contribution is 0.129. The topological polar surface area (TPSA) is 20.2 Å². The summed E-state index contributed by atoms with van der Waals surface area (Å²) in [6.07, 6.45) is 12.5. The Bertz CT molecular complexity index is 142. The van der Waals surface area contributed by atoms with Crippen molar-refractivity contribution in [3.8, 4) is 0 Å². The van der Waals surface area contributed by atoms with Crippen molar-refractivity contribution in [2.24, 2.45) is 11.8 Å². The maximum absolute atomic E-state index is 9.05. The number of hydrogen-bond acceptors (Lipinski definition) is 1. The molecule has 0 aromatic carbocycles. The third-order valence-electron chi connectivity index (χ3n) is 4.13. The Morgan fingerprint density at radius 1 is 0.941 bits per heavy atom.